The Balaban J connectivity index is 1.82. The third-order valence-corrected chi connectivity index (χ3v) is 4.12. The number of anilines is 1. The maximum Gasteiger partial charge on any atom is 0.504 e. The quantitative estimate of drug-likeness (QED) is 0.544. The molecule has 170 valence electrons. The molecule has 0 fully saturated rings. The Labute approximate surface area is 182 Å². The summed E-state index contributed by atoms with van der Waals surface area (Å²) >= 11 is 0. The highest BCUT2D eigenvalue weighted by atomic mass is 19.4. The van der Waals surface area contributed by atoms with E-state index in [4.69, 9.17) is 4.74 Å². The van der Waals surface area contributed by atoms with E-state index in [0.717, 1.165) is 12.4 Å². The van der Waals surface area contributed by atoms with E-state index in [0.29, 0.717) is 11.3 Å². The molecule has 3 aromatic rings. The average molecular weight is 449 g/mol. The van der Waals surface area contributed by atoms with Gasteiger partial charge in [0.05, 0.1) is 18.4 Å². The first-order valence-electron chi connectivity index (χ1n) is 9.52. The molecule has 0 atom stereocenters. The van der Waals surface area contributed by atoms with Gasteiger partial charge in [-0.1, -0.05) is 6.07 Å². The zero-order chi connectivity index (χ0) is 23.5. The van der Waals surface area contributed by atoms with Crippen LogP contribution in [0.1, 0.15) is 26.5 Å². The standard InChI is InChI=1S/C20H22F3N7O2/c1-19(2,3)32-18(31)29(28(4)17-24-8-5-9-25-17)13-16-7-6-14(10-26-16)15-11-27-30(12-15)20(21,22)23/h5-12H,13H2,1-4H3. The van der Waals surface area contributed by atoms with Crippen LogP contribution in [0.15, 0.2) is 49.2 Å². The Bertz CT molecular complexity index is 1050. The molecule has 0 bridgehead atoms. The van der Waals surface area contributed by atoms with Gasteiger partial charge in [0.1, 0.15) is 5.60 Å². The maximum absolute atomic E-state index is 12.8. The van der Waals surface area contributed by atoms with Crippen molar-refractivity contribution in [1.82, 2.24) is 29.7 Å². The lowest BCUT2D eigenvalue weighted by atomic mass is 10.1. The van der Waals surface area contributed by atoms with Crippen LogP contribution in [-0.2, 0) is 17.6 Å². The molecule has 0 aliphatic carbocycles. The van der Waals surface area contributed by atoms with Crippen molar-refractivity contribution in [2.75, 3.05) is 12.1 Å². The fraction of sp³-hybridized carbons (Fsp3) is 0.350. The smallest absolute Gasteiger partial charge is 0.442 e. The van der Waals surface area contributed by atoms with E-state index >= 15 is 0 Å². The van der Waals surface area contributed by atoms with Crippen molar-refractivity contribution in [1.29, 1.82) is 0 Å². The first-order valence-corrected chi connectivity index (χ1v) is 9.52. The minimum atomic E-state index is -4.59. The zero-order valence-electron chi connectivity index (χ0n) is 17.9. The summed E-state index contributed by atoms with van der Waals surface area (Å²) < 4.78 is 43.7. The predicted octanol–water partition coefficient (Wildman–Crippen LogP) is 4.00. The van der Waals surface area contributed by atoms with E-state index in [1.54, 1.807) is 58.4 Å². The van der Waals surface area contributed by atoms with Gasteiger partial charge in [-0.05, 0) is 32.9 Å². The van der Waals surface area contributed by atoms with Gasteiger partial charge in [0.25, 0.3) is 0 Å². The SMILES string of the molecule is CN(c1ncccn1)N(Cc1ccc(-c2cnn(C(F)(F)F)c2)cn1)C(=O)OC(C)(C)C. The molecule has 3 aromatic heterocycles. The lowest BCUT2D eigenvalue weighted by molar-refractivity contribution is -0.212. The molecule has 9 nitrogen and oxygen atoms in total. The van der Waals surface area contributed by atoms with Crippen LogP contribution in [-0.4, -0.2) is 48.5 Å². The number of aromatic nitrogens is 5. The number of nitrogens with zero attached hydrogens (tertiary/aromatic N) is 7. The second-order valence-corrected chi connectivity index (χ2v) is 7.79. The number of alkyl halides is 3. The molecule has 12 heteroatoms. The summed E-state index contributed by atoms with van der Waals surface area (Å²) in [5.41, 5.74) is 0.461. The fourth-order valence-electron chi connectivity index (χ4n) is 2.63. The van der Waals surface area contributed by atoms with Gasteiger partial charge in [-0.2, -0.15) is 9.78 Å². The zero-order valence-corrected chi connectivity index (χ0v) is 17.9. The van der Waals surface area contributed by atoms with Gasteiger partial charge in [0.2, 0.25) is 5.95 Å². The Morgan fingerprint density at radius 3 is 2.28 bits per heavy atom. The Morgan fingerprint density at radius 2 is 1.75 bits per heavy atom. The number of hydrogen-bond donors (Lipinski definition) is 0. The molecular weight excluding hydrogens is 427 g/mol. The van der Waals surface area contributed by atoms with Gasteiger partial charge in [-0.15, -0.1) is 13.2 Å². The molecule has 3 heterocycles. The highest BCUT2D eigenvalue weighted by Gasteiger charge is 2.32. The summed E-state index contributed by atoms with van der Waals surface area (Å²) in [5.74, 6) is 0.273. The number of carbonyl (C=O) groups is 1. The van der Waals surface area contributed by atoms with Crippen LogP contribution in [0, 0.1) is 0 Å². The molecule has 0 spiro atoms. The molecule has 0 unspecified atom stereocenters. The number of pyridine rings is 1. The van der Waals surface area contributed by atoms with Crippen molar-refractivity contribution in [2.45, 2.75) is 39.2 Å². The van der Waals surface area contributed by atoms with Crippen LogP contribution in [0.5, 0.6) is 0 Å². The second-order valence-electron chi connectivity index (χ2n) is 7.79. The first kappa shape index (κ1) is 23.0. The highest BCUT2D eigenvalue weighted by Crippen LogP contribution is 2.25. The molecule has 0 aromatic carbocycles. The topological polar surface area (TPSA) is 89.3 Å². The summed E-state index contributed by atoms with van der Waals surface area (Å²) in [5, 5.41) is 6.05. The van der Waals surface area contributed by atoms with Crippen LogP contribution in [0.2, 0.25) is 0 Å². The van der Waals surface area contributed by atoms with Crippen LogP contribution in [0.3, 0.4) is 0 Å². The van der Waals surface area contributed by atoms with Crippen molar-refractivity contribution in [2.24, 2.45) is 0 Å². The average Bonchev–Trinajstić information content (AvgIpc) is 3.22. The predicted molar refractivity (Wildman–Crippen MR) is 109 cm³/mol. The van der Waals surface area contributed by atoms with Crippen molar-refractivity contribution < 1.29 is 22.7 Å². The number of rotatable bonds is 5. The van der Waals surface area contributed by atoms with E-state index < -0.39 is 18.0 Å². The highest BCUT2D eigenvalue weighted by molar-refractivity contribution is 5.70. The van der Waals surface area contributed by atoms with E-state index in [-0.39, 0.29) is 22.7 Å². The van der Waals surface area contributed by atoms with Crippen LogP contribution >= 0.6 is 0 Å². The monoisotopic (exact) mass is 449 g/mol. The molecule has 32 heavy (non-hydrogen) atoms. The third-order valence-electron chi connectivity index (χ3n) is 4.12. The van der Waals surface area contributed by atoms with Gasteiger partial charge < -0.3 is 4.74 Å². The van der Waals surface area contributed by atoms with Gasteiger partial charge >= 0.3 is 12.4 Å². The number of ether oxygens (including phenoxy) is 1. The molecule has 0 radical (unpaired) electrons. The van der Waals surface area contributed by atoms with E-state index in [1.807, 2.05) is 0 Å². The van der Waals surface area contributed by atoms with Crippen molar-refractivity contribution in [3.8, 4) is 11.1 Å². The van der Waals surface area contributed by atoms with E-state index in [2.05, 4.69) is 20.1 Å². The summed E-state index contributed by atoms with van der Waals surface area (Å²) in [7, 11) is 1.61. The largest absolute Gasteiger partial charge is 0.504 e. The number of hydrogen-bond acceptors (Lipinski definition) is 7. The fourth-order valence-corrected chi connectivity index (χ4v) is 2.63. The van der Waals surface area contributed by atoms with Gasteiger partial charge in [0, 0.05) is 43.0 Å². The summed E-state index contributed by atoms with van der Waals surface area (Å²) in [6.45, 7) is 5.26. The third kappa shape index (κ3) is 5.71. The lowest BCUT2D eigenvalue weighted by Crippen LogP contribution is -2.47. The molecule has 3 rings (SSSR count). The summed E-state index contributed by atoms with van der Waals surface area (Å²) in [6.07, 6.45) is 1.26. The number of amides is 1. The maximum atomic E-state index is 12.8. The molecule has 0 aliphatic heterocycles. The van der Waals surface area contributed by atoms with Crippen molar-refractivity contribution in [3.05, 3.63) is 54.9 Å². The Morgan fingerprint density at radius 1 is 1.06 bits per heavy atom. The van der Waals surface area contributed by atoms with E-state index in [1.165, 1.54) is 16.2 Å². The number of carbonyl (C=O) groups excluding carboxylic acids is 1. The van der Waals surface area contributed by atoms with Crippen LogP contribution < -0.4 is 5.01 Å². The summed E-state index contributed by atoms with van der Waals surface area (Å²) in [4.78, 5) is 25.4. The minimum Gasteiger partial charge on any atom is -0.442 e. The molecule has 1 amide bonds. The summed E-state index contributed by atoms with van der Waals surface area (Å²) in [6, 6.07) is 4.86. The Kier molecular flexibility index (Phi) is 6.32. The molecule has 0 N–H and O–H groups in total. The number of hydrazine groups is 1. The van der Waals surface area contributed by atoms with Gasteiger partial charge in [-0.25, -0.2) is 24.8 Å². The normalized spacial score (nSPS) is 11.8. The van der Waals surface area contributed by atoms with Crippen LogP contribution in [0.4, 0.5) is 23.9 Å². The molecule has 0 aliphatic rings. The van der Waals surface area contributed by atoms with Crippen molar-refractivity contribution in [3.63, 3.8) is 0 Å². The molecule has 0 saturated carbocycles. The minimum absolute atomic E-state index is 0.0196. The molecular formula is C20H22F3N7O2. The van der Waals surface area contributed by atoms with Gasteiger partial charge in [0.15, 0.2) is 0 Å². The van der Waals surface area contributed by atoms with E-state index in [9.17, 15) is 18.0 Å². The first-order chi connectivity index (χ1) is 14.9. The Hall–Kier alpha value is -3.70. The number of halogens is 3. The van der Waals surface area contributed by atoms with Gasteiger partial charge in [-0.3, -0.25) is 4.98 Å². The molecule has 0 saturated heterocycles. The van der Waals surface area contributed by atoms with Crippen LogP contribution in [0.25, 0.3) is 11.1 Å². The lowest BCUT2D eigenvalue weighted by Gasteiger charge is -2.33. The van der Waals surface area contributed by atoms with Crippen molar-refractivity contribution >= 4 is 12.0 Å². The second kappa shape index (κ2) is 8.81.